The molecule has 2 N–H and O–H groups in total. The topological polar surface area (TPSA) is 57.5 Å². The van der Waals surface area contributed by atoms with Crippen LogP contribution in [0, 0.1) is 0 Å². The van der Waals surface area contributed by atoms with Crippen molar-refractivity contribution in [2.24, 2.45) is 0 Å². The number of carbonyl (C=O) groups excluding carboxylic acids is 1. The Hall–Kier alpha value is -0.120. The number of ketones is 1. The van der Waals surface area contributed by atoms with Crippen molar-refractivity contribution in [2.45, 2.75) is 44.3 Å². The summed E-state index contributed by atoms with van der Waals surface area (Å²) in [6, 6.07) is 0. The molecular weight excluding hydrogens is 180 g/mol. The fraction of sp³-hybridized carbons (Fsp3) is 0.875. The fourth-order valence-electron chi connectivity index (χ4n) is 1.07. The number of rotatable bonds is 4. The van der Waals surface area contributed by atoms with E-state index in [1.165, 1.54) is 6.92 Å². The van der Waals surface area contributed by atoms with Gasteiger partial charge in [0.2, 0.25) is 0 Å². The van der Waals surface area contributed by atoms with Gasteiger partial charge < -0.3 is 10.2 Å². The van der Waals surface area contributed by atoms with Crippen LogP contribution in [-0.2, 0) is 4.79 Å². The first kappa shape index (κ1) is 11.9. The molecule has 2 atom stereocenters. The lowest BCUT2D eigenvalue weighted by Crippen LogP contribution is -2.53. The average Bonchev–Trinajstić information content (AvgIpc) is 1.99. The summed E-state index contributed by atoms with van der Waals surface area (Å²) < 4.78 is 0. The minimum Gasteiger partial charge on any atom is -0.378 e. The van der Waals surface area contributed by atoms with Crippen molar-refractivity contribution in [1.82, 2.24) is 0 Å². The van der Waals surface area contributed by atoms with Crippen LogP contribution in [0.4, 0.5) is 0 Å². The zero-order valence-electron chi connectivity index (χ0n) is 7.59. The molecular formula is C8H15ClO3. The molecule has 72 valence electrons. The zero-order chi connectivity index (χ0) is 9.99. The SMILES string of the molecule is CCC(=O)[C@](O)(CC)[C@@](C)(O)Cl. The van der Waals surface area contributed by atoms with E-state index in [2.05, 4.69) is 0 Å². The minimum absolute atomic E-state index is 0.107. The van der Waals surface area contributed by atoms with E-state index in [1.54, 1.807) is 13.8 Å². The van der Waals surface area contributed by atoms with Gasteiger partial charge in [-0.15, -0.1) is 0 Å². The van der Waals surface area contributed by atoms with Gasteiger partial charge in [0.25, 0.3) is 0 Å². The first-order valence-corrected chi connectivity index (χ1v) is 4.34. The third kappa shape index (κ3) is 1.97. The van der Waals surface area contributed by atoms with Crippen LogP contribution >= 0.6 is 11.6 Å². The molecule has 0 amide bonds. The van der Waals surface area contributed by atoms with Crippen LogP contribution in [0.2, 0.25) is 0 Å². The molecule has 0 radical (unpaired) electrons. The molecule has 0 spiro atoms. The Balaban J connectivity index is 4.80. The highest BCUT2D eigenvalue weighted by Crippen LogP contribution is 2.31. The Kier molecular flexibility index (Phi) is 3.69. The summed E-state index contributed by atoms with van der Waals surface area (Å²) in [6.07, 6.45) is 0.267. The number of carbonyl (C=O) groups is 1. The highest BCUT2D eigenvalue weighted by molar-refractivity contribution is 6.25. The van der Waals surface area contributed by atoms with Crippen molar-refractivity contribution in [3.05, 3.63) is 0 Å². The van der Waals surface area contributed by atoms with Gasteiger partial charge >= 0.3 is 0 Å². The van der Waals surface area contributed by atoms with Gasteiger partial charge in [0, 0.05) is 6.42 Å². The number of hydrogen-bond acceptors (Lipinski definition) is 3. The second-order valence-electron chi connectivity index (χ2n) is 2.94. The Morgan fingerprint density at radius 1 is 1.42 bits per heavy atom. The molecule has 0 aromatic carbocycles. The van der Waals surface area contributed by atoms with Gasteiger partial charge in [0.15, 0.2) is 16.4 Å². The monoisotopic (exact) mass is 194 g/mol. The van der Waals surface area contributed by atoms with Crippen LogP contribution < -0.4 is 0 Å². The van der Waals surface area contributed by atoms with Gasteiger partial charge in [-0.05, 0) is 13.3 Å². The summed E-state index contributed by atoms with van der Waals surface area (Å²) >= 11 is 5.50. The van der Waals surface area contributed by atoms with Gasteiger partial charge in [0.1, 0.15) is 0 Å². The molecule has 0 saturated heterocycles. The van der Waals surface area contributed by atoms with E-state index in [0.717, 1.165) is 0 Å². The summed E-state index contributed by atoms with van der Waals surface area (Å²) in [7, 11) is 0. The zero-order valence-corrected chi connectivity index (χ0v) is 8.35. The van der Waals surface area contributed by atoms with Crippen molar-refractivity contribution in [3.63, 3.8) is 0 Å². The van der Waals surface area contributed by atoms with E-state index in [9.17, 15) is 15.0 Å². The van der Waals surface area contributed by atoms with Crippen LogP contribution in [0.25, 0.3) is 0 Å². The predicted molar refractivity (Wildman–Crippen MR) is 47.0 cm³/mol. The lowest BCUT2D eigenvalue weighted by Gasteiger charge is -2.34. The largest absolute Gasteiger partial charge is 0.378 e. The summed E-state index contributed by atoms with van der Waals surface area (Å²) in [6.45, 7) is 4.43. The van der Waals surface area contributed by atoms with Gasteiger partial charge in [-0.3, -0.25) is 4.79 Å². The number of hydrogen-bond donors (Lipinski definition) is 2. The molecule has 0 rings (SSSR count). The molecule has 4 heteroatoms. The first-order valence-electron chi connectivity index (χ1n) is 3.96. The lowest BCUT2D eigenvalue weighted by atomic mass is 9.88. The van der Waals surface area contributed by atoms with Crippen LogP contribution in [0.15, 0.2) is 0 Å². The summed E-state index contributed by atoms with van der Waals surface area (Å²) in [5, 5.41) is 17.1. The van der Waals surface area contributed by atoms with E-state index in [-0.39, 0.29) is 12.8 Å². The number of alkyl halides is 1. The molecule has 0 aromatic heterocycles. The molecule has 0 fully saturated rings. The quantitative estimate of drug-likeness (QED) is 0.658. The maximum absolute atomic E-state index is 11.2. The molecule has 0 aliphatic heterocycles. The summed E-state index contributed by atoms with van der Waals surface area (Å²) in [4.78, 5) is 11.2. The number of aliphatic hydroxyl groups is 2. The van der Waals surface area contributed by atoms with Crippen molar-refractivity contribution < 1.29 is 15.0 Å². The smallest absolute Gasteiger partial charge is 0.171 e. The lowest BCUT2D eigenvalue weighted by molar-refractivity contribution is -0.154. The molecule has 0 aromatic rings. The number of Topliss-reactive ketones (excluding diaryl/α,β-unsaturated/α-hetero) is 1. The molecule has 0 aliphatic rings. The third-order valence-electron chi connectivity index (χ3n) is 2.05. The van der Waals surface area contributed by atoms with Crippen LogP contribution in [-0.4, -0.2) is 26.7 Å². The van der Waals surface area contributed by atoms with E-state index in [1.807, 2.05) is 0 Å². The maximum atomic E-state index is 11.2. The standard InChI is InChI=1S/C8H15ClO3/c1-4-6(10)8(12,5-2)7(3,9)11/h11-12H,4-5H2,1-3H3/t7-,8-/m1/s1. The molecule has 0 bridgehead atoms. The summed E-state index contributed by atoms with van der Waals surface area (Å²) in [5.74, 6) is -0.440. The highest BCUT2D eigenvalue weighted by Gasteiger charge is 2.48. The molecule has 0 aliphatic carbocycles. The second kappa shape index (κ2) is 3.73. The Morgan fingerprint density at radius 2 is 1.83 bits per heavy atom. The summed E-state index contributed by atoms with van der Waals surface area (Å²) in [5.41, 5.74) is -1.83. The first-order chi connectivity index (χ1) is 5.29. The Morgan fingerprint density at radius 3 is 1.92 bits per heavy atom. The third-order valence-corrected chi connectivity index (χ3v) is 2.36. The van der Waals surface area contributed by atoms with Gasteiger partial charge in [-0.1, -0.05) is 25.4 Å². The van der Waals surface area contributed by atoms with Crippen molar-refractivity contribution in [3.8, 4) is 0 Å². The fourth-order valence-corrected chi connectivity index (χ4v) is 1.31. The van der Waals surface area contributed by atoms with Gasteiger partial charge in [-0.2, -0.15) is 0 Å². The average molecular weight is 195 g/mol. The highest BCUT2D eigenvalue weighted by atomic mass is 35.5. The molecule has 0 heterocycles. The van der Waals surface area contributed by atoms with Crippen molar-refractivity contribution in [2.75, 3.05) is 0 Å². The molecule has 0 unspecified atom stereocenters. The maximum Gasteiger partial charge on any atom is 0.171 e. The number of halogens is 1. The van der Waals surface area contributed by atoms with Crippen molar-refractivity contribution >= 4 is 17.4 Å². The Labute approximate surface area is 77.3 Å². The predicted octanol–water partition coefficient (Wildman–Crippen LogP) is 1.05. The minimum atomic E-state index is -1.89. The molecule has 0 saturated carbocycles. The van der Waals surface area contributed by atoms with E-state index >= 15 is 0 Å². The van der Waals surface area contributed by atoms with E-state index < -0.39 is 16.4 Å². The van der Waals surface area contributed by atoms with E-state index in [0.29, 0.717) is 0 Å². The van der Waals surface area contributed by atoms with Gasteiger partial charge in [0.05, 0.1) is 0 Å². The Bertz CT molecular complexity index is 174. The van der Waals surface area contributed by atoms with E-state index in [4.69, 9.17) is 11.6 Å². The van der Waals surface area contributed by atoms with Crippen LogP contribution in [0.1, 0.15) is 33.6 Å². The van der Waals surface area contributed by atoms with Gasteiger partial charge in [-0.25, -0.2) is 0 Å². The van der Waals surface area contributed by atoms with Crippen LogP contribution in [0.5, 0.6) is 0 Å². The molecule has 3 nitrogen and oxygen atoms in total. The van der Waals surface area contributed by atoms with Crippen molar-refractivity contribution in [1.29, 1.82) is 0 Å². The van der Waals surface area contributed by atoms with Crippen LogP contribution in [0.3, 0.4) is 0 Å². The molecule has 12 heavy (non-hydrogen) atoms. The normalized spacial score (nSPS) is 21.2. The second-order valence-corrected chi connectivity index (χ2v) is 3.68.